The Bertz CT molecular complexity index is 817. The summed E-state index contributed by atoms with van der Waals surface area (Å²) in [6, 6.07) is 5.70. The molecule has 0 N–H and O–H groups in total. The number of benzene rings is 1. The number of halogens is 1. The number of ether oxygens (including phenoxy) is 2. The molecule has 0 amide bonds. The molecule has 0 saturated carbocycles. The quantitative estimate of drug-likeness (QED) is 0.354. The summed E-state index contributed by atoms with van der Waals surface area (Å²) in [5.74, 6) is -1.07. The first-order valence-electron chi connectivity index (χ1n) is 8.77. The lowest BCUT2D eigenvalue weighted by Crippen LogP contribution is -2.25. The van der Waals surface area contributed by atoms with Gasteiger partial charge in [-0.2, -0.15) is 0 Å². The maximum absolute atomic E-state index is 13.4. The molecular formula is C19H22FN3O4S. The molecule has 0 atom stereocenters. The predicted molar refractivity (Wildman–Crippen MR) is 104 cm³/mol. The van der Waals surface area contributed by atoms with Crippen LogP contribution in [-0.2, 0) is 14.3 Å². The minimum Gasteiger partial charge on any atom is -0.466 e. The molecule has 1 heterocycles. The monoisotopic (exact) mass is 407 g/mol. The molecule has 150 valence electrons. The van der Waals surface area contributed by atoms with Gasteiger partial charge in [0.05, 0.1) is 19.6 Å². The summed E-state index contributed by atoms with van der Waals surface area (Å²) >= 11 is 1.31. The summed E-state index contributed by atoms with van der Waals surface area (Å²) in [4.78, 5) is 34.5. The van der Waals surface area contributed by atoms with E-state index in [2.05, 4.69) is 9.97 Å². The number of aromatic nitrogens is 2. The molecule has 0 fully saturated rings. The molecule has 0 spiro atoms. The third-order valence-electron chi connectivity index (χ3n) is 3.66. The Kier molecular flexibility index (Phi) is 8.19. The van der Waals surface area contributed by atoms with E-state index in [1.54, 1.807) is 30.9 Å². The topological polar surface area (TPSA) is 81.6 Å². The van der Waals surface area contributed by atoms with Crippen molar-refractivity contribution in [1.29, 1.82) is 0 Å². The Morgan fingerprint density at radius 2 is 1.82 bits per heavy atom. The second-order valence-electron chi connectivity index (χ2n) is 5.50. The SMILES string of the molecule is CCOC(=O)CCN(c1ccc(F)cc1)c1nc(SC)ncc1C(=O)OCC. The largest absolute Gasteiger partial charge is 0.466 e. The number of esters is 2. The van der Waals surface area contributed by atoms with Gasteiger partial charge in [0.2, 0.25) is 0 Å². The zero-order valence-electron chi connectivity index (χ0n) is 16.0. The summed E-state index contributed by atoms with van der Waals surface area (Å²) in [6.07, 6.45) is 3.27. The highest BCUT2D eigenvalue weighted by Gasteiger charge is 2.23. The lowest BCUT2D eigenvalue weighted by Gasteiger charge is -2.25. The first-order chi connectivity index (χ1) is 13.5. The normalized spacial score (nSPS) is 10.4. The molecule has 0 aliphatic carbocycles. The van der Waals surface area contributed by atoms with Gasteiger partial charge in [0.15, 0.2) is 11.0 Å². The summed E-state index contributed by atoms with van der Waals surface area (Å²) in [5.41, 5.74) is 0.731. The van der Waals surface area contributed by atoms with Crippen LogP contribution in [0.4, 0.5) is 15.9 Å². The van der Waals surface area contributed by atoms with Gasteiger partial charge in [-0.3, -0.25) is 4.79 Å². The van der Waals surface area contributed by atoms with Crippen LogP contribution in [0.3, 0.4) is 0 Å². The van der Waals surface area contributed by atoms with Gasteiger partial charge in [0.25, 0.3) is 0 Å². The number of carbonyl (C=O) groups excluding carboxylic acids is 2. The summed E-state index contributed by atoms with van der Waals surface area (Å²) in [5, 5.41) is 0.450. The molecule has 9 heteroatoms. The Morgan fingerprint density at radius 3 is 2.43 bits per heavy atom. The van der Waals surface area contributed by atoms with Crippen molar-refractivity contribution < 1.29 is 23.5 Å². The highest BCUT2D eigenvalue weighted by atomic mass is 32.2. The summed E-state index contributed by atoms with van der Waals surface area (Å²) in [6.45, 7) is 4.08. The predicted octanol–water partition coefficient (Wildman–Crippen LogP) is 3.61. The van der Waals surface area contributed by atoms with Gasteiger partial charge in [-0.25, -0.2) is 19.2 Å². The van der Waals surface area contributed by atoms with E-state index < -0.39 is 11.8 Å². The molecule has 1 aromatic carbocycles. The summed E-state index contributed by atoms with van der Waals surface area (Å²) < 4.78 is 23.5. The number of anilines is 2. The third kappa shape index (κ3) is 5.66. The van der Waals surface area contributed by atoms with Gasteiger partial charge in [-0.15, -0.1) is 0 Å². The van der Waals surface area contributed by atoms with Gasteiger partial charge in [-0.05, 0) is 44.4 Å². The number of hydrogen-bond acceptors (Lipinski definition) is 8. The van der Waals surface area contributed by atoms with Crippen molar-refractivity contribution in [3.63, 3.8) is 0 Å². The minimum absolute atomic E-state index is 0.0616. The Hall–Kier alpha value is -2.68. The molecule has 28 heavy (non-hydrogen) atoms. The van der Waals surface area contributed by atoms with Gasteiger partial charge >= 0.3 is 11.9 Å². The van der Waals surface area contributed by atoms with Crippen LogP contribution in [0.2, 0.25) is 0 Å². The highest BCUT2D eigenvalue weighted by molar-refractivity contribution is 7.98. The number of rotatable bonds is 9. The molecule has 0 aliphatic rings. The highest BCUT2D eigenvalue weighted by Crippen LogP contribution is 2.29. The van der Waals surface area contributed by atoms with Crippen molar-refractivity contribution in [2.75, 3.05) is 30.9 Å². The van der Waals surface area contributed by atoms with E-state index in [4.69, 9.17) is 9.47 Å². The first-order valence-corrected chi connectivity index (χ1v) is 9.99. The van der Waals surface area contributed by atoms with Crippen molar-refractivity contribution >= 4 is 35.2 Å². The minimum atomic E-state index is -0.576. The number of carbonyl (C=O) groups is 2. The number of thioether (sulfide) groups is 1. The van der Waals surface area contributed by atoms with Crippen LogP contribution in [0.5, 0.6) is 0 Å². The molecular weight excluding hydrogens is 385 g/mol. The zero-order chi connectivity index (χ0) is 20.5. The van der Waals surface area contributed by atoms with E-state index >= 15 is 0 Å². The third-order valence-corrected chi connectivity index (χ3v) is 4.23. The van der Waals surface area contributed by atoms with Crippen LogP contribution in [0.1, 0.15) is 30.6 Å². The molecule has 0 saturated heterocycles. The molecule has 2 rings (SSSR count). The van der Waals surface area contributed by atoms with Gasteiger partial charge < -0.3 is 14.4 Å². The van der Waals surface area contributed by atoms with Crippen molar-refractivity contribution in [3.8, 4) is 0 Å². The van der Waals surface area contributed by atoms with E-state index in [0.717, 1.165) is 0 Å². The molecule has 0 bridgehead atoms. The van der Waals surface area contributed by atoms with Gasteiger partial charge in [0.1, 0.15) is 11.4 Å². The van der Waals surface area contributed by atoms with E-state index in [9.17, 15) is 14.0 Å². The molecule has 7 nitrogen and oxygen atoms in total. The van der Waals surface area contributed by atoms with Crippen LogP contribution < -0.4 is 4.90 Å². The second-order valence-corrected chi connectivity index (χ2v) is 6.27. The van der Waals surface area contributed by atoms with Crippen molar-refractivity contribution in [2.24, 2.45) is 0 Å². The molecule has 0 aliphatic heterocycles. The maximum atomic E-state index is 13.4. The second kappa shape index (κ2) is 10.6. The van der Waals surface area contributed by atoms with E-state index in [-0.39, 0.29) is 43.5 Å². The molecule has 1 aromatic heterocycles. The lowest BCUT2D eigenvalue weighted by atomic mass is 10.2. The Labute approximate surface area is 167 Å². The van der Waals surface area contributed by atoms with Crippen LogP contribution in [-0.4, -0.2) is 47.9 Å². The summed E-state index contributed by atoms with van der Waals surface area (Å²) in [7, 11) is 0. The maximum Gasteiger partial charge on any atom is 0.343 e. The molecule has 0 radical (unpaired) electrons. The van der Waals surface area contributed by atoms with E-state index in [1.807, 2.05) is 6.26 Å². The first kappa shape index (κ1) is 21.6. The smallest absolute Gasteiger partial charge is 0.343 e. The van der Waals surface area contributed by atoms with Crippen LogP contribution in [0.15, 0.2) is 35.6 Å². The lowest BCUT2D eigenvalue weighted by molar-refractivity contribution is -0.142. The van der Waals surface area contributed by atoms with Crippen molar-refractivity contribution in [2.45, 2.75) is 25.4 Å². The Balaban J connectivity index is 2.49. The van der Waals surface area contributed by atoms with Crippen molar-refractivity contribution in [1.82, 2.24) is 9.97 Å². The van der Waals surface area contributed by atoms with Gasteiger partial charge in [0, 0.05) is 18.4 Å². The standard InChI is InChI=1S/C19H22FN3O4S/c1-4-26-16(24)10-11-23(14-8-6-13(20)7-9-14)17-15(18(25)27-5-2)12-21-19(22-17)28-3/h6-9,12H,4-5,10-11H2,1-3H3. The van der Waals surface area contributed by atoms with E-state index in [0.29, 0.717) is 10.8 Å². The average molecular weight is 407 g/mol. The Morgan fingerprint density at radius 1 is 1.14 bits per heavy atom. The van der Waals surface area contributed by atoms with Crippen LogP contribution >= 0.6 is 11.8 Å². The zero-order valence-corrected chi connectivity index (χ0v) is 16.8. The average Bonchev–Trinajstić information content (AvgIpc) is 2.69. The van der Waals surface area contributed by atoms with Crippen LogP contribution in [0, 0.1) is 5.82 Å². The fourth-order valence-electron chi connectivity index (χ4n) is 2.43. The van der Waals surface area contributed by atoms with E-state index in [1.165, 1.54) is 30.1 Å². The fraction of sp³-hybridized carbons (Fsp3) is 0.368. The molecule has 0 unspecified atom stereocenters. The van der Waals surface area contributed by atoms with Crippen LogP contribution in [0.25, 0.3) is 0 Å². The van der Waals surface area contributed by atoms with Gasteiger partial charge in [-0.1, -0.05) is 11.8 Å². The number of nitrogens with zero attached hydrogens (tertiary/aromatic N) is 3. The fourth-order valence-corrected chi connectivity index (χ4v) is 2.76. The number of hydrogen-bond donors (Lipinski definition) is 0. The molecule has 2 aromatic rings. The van der Waals surface area contributed by atoms with Crippen molar-refractivity contribution in [3.05, 3.63) is 41.8 Å².